The van der Waals surface area contributed by atoms with Gasteiger partial charge in [0.2, 0.25) is 5.91 Å². The summed E-state index contributed by atoms with van der Waals surface area (Å²) in [6, 6.07) is 8.09. The van der Waals surface area contributed by atoms with Crippen molar-refractivity contribution in [2.45, 2.75) is 33.4 Å². The van der Waals surface area contributed by atoms with Crippen LogP contribution in [0.5, 0.6) is 0 Å². The predicted octanol–water partition coefficient (Wildman–Crippen LogP) is 1.54. The van der Waals surface area contributed by atoms with Crippen LogP contribution in [-0.2, 0) is 11.3 Å². The smallest absolute Gasteiger partial charge is 0.312 e. The molecule has 2 aromatic rings. The number of nitrogens with two attached hydrogens (primary N) is 1. The molecular weight excluding hydrogens is 294 g/mol. The third-order valence-electron chi connectivity index (χ3n) is 3.38. The lowest BCUT2D eigenvalue weighted by atomic mass is 10.2. The van der Waals surface area contributed by atoms with Crippen molar-refractivity contribution in [3.63, 3.8) is 0 Å². The van der Waals surface area contributed by atoms with E-state index in [0.29, 0.717) is 12.2 Å². The van der Waals surface area contributed by atoms with E-state index in [9.17, 15) is 9.59 Å². The highest BCUT2D eigenvalue weighted by atomic mass is 16.2. The molecular formula is C16H21N5O2. The number of aryl methyl sites for hydroxylation is 2. The lowest BCUT2D eigenvalue weighted by molar-refractivity contribution is -0.117. The van der Waals surface area contributed by atoms with E-state index in [1.54, 1.807) is 13.0 Å². The molecule has 4 N–H and O–H groups in total. The lowest BCUT2D eigenvalue weighted by Gasteiger charge is -2.13. The standard InChI is InChI=1S/C16H21N5O2/c1-10-7-11(2)21(20-10)9-13-5-4-6-14(8-13)19-15(22)12(3)18-16(17)23/h4-8,12H,9H2,1-3H3,(H,19,22)(H3,17,18,23)/t12-/m0/s1. The van der Waals surface area contributed by atoms with Gasteiger partial charge in [0.1, 0.15) is 6.04 Å². The van der Waals surface area contributed by atoms with E-state index in [2.05, 4.69) is 15.7 Å². The number of nitrogens with zero attached hydrogens (tertiary/aromatic N) is 2. The Morgan fingerprint density at radius 3 is 2.65 bits per heavy atom. The van der Waals surface area contributed by atoms with Crippen LogP contribution in [0.3, 0.4) is 0 Å². The van der Waals surface area contributed by atoms with Crippen molar-refractivity contribution in [2.24, 2.45) is 5.73 Å². The highest BCUT2D eigenvalue weighted by Gasteiger charge is 2.14. The summed E-state index contributed by atoms with van der Waals surface area (Å²) in [6.07, 6.45) is 0. The molecule has 1 heterocycles. The number of rotatable bonds is 5. The molecule has 7 nitrogen and oxygen atoms in total. The quantitative estimate of drug-likeness (QED) is 0.780. The van der Waals surface area contributed by atoms with Gasteiger partial charge in [-0.15, -0.1) is 0 Å². The fourth-order valence-electron chi connectivity index (χ4n) is 2.28. The topological polar surface area (TPSA) is 102 Å². The van der Waals surface area contributed by atoms with Gasteiger partial charge >= 0.3 is 6.03 Å². The summed E-state index contributed by atoms with van der Waals surface area (Å²) in [7, 11) is 0. The number of benzene rings is 1. The lowest BCUT2D eigenvalue weighted by Crippen LogP contribution is -2.44. The maximum absolute atomic E-state index is 12.0. The number of urea groups is 1. The predicted molar refractivity (Wildman–Crippen MR) is 88.1 cm³/mol. The highest BCUT2D eigenvalue weighted by molar-refractivity contribution is 5.96. The molecule has 2 rings (SSSR count). The summed E-state index contributed by atoms with van der Waals surface area (Å²) in [5.41, 5.74) is 8.74. The number of nitrogens with one attached hydrogen (secondary N) is 2. The molecule has 23 heavy (non-hydrogen) atoms. The summed E-state index contributed by atoms with van der Waals surface area (Å²) in [5.74, 6) is -0.327. The number of anilines is 1. The fourth-order valence-corrected chi connectivity index (χ4v) is 2.28. The number of hydrogen-bond donors (Lipinski definition) is 3. The number of primary amides is 1. The monoisotopic (exact) mass is 315 g/mol. The average Bonchev–Trinajstić information content (AvgIpc) is 2.76. The fraction of sp³-hybridized carbons (Fsp3) is 0.312. The maximum atomic E-state index is 12.0. The van der Waals surface area contributed by atoms with Gasteiger partial charge in [0.15, 0.2) is 0 Å². The first kappa shape index (κ1) is 16.5. The SMILES string of the molecule is Cc1cc(C)n(Cc2cccc(NC(=O)[C@H](C)NC(N)=O)c2)n1. The molecule has 1 atom stereocenters. The van der Waals surface area contributed by atoms with Crippen LogP contribution in [0.15, 0.2) is 30.3 Å². The second-order valence-corrected chi connectivity index (χ2v) is 5.50. The Bertz CT molecular complexity index is 723. The minimum Gasteiger partial charge on any atom is -0.352 e. The zero-order chi connectivity index (χ0) is 17.0. The van der Waals surface area contributed by atoms with Crippen LogP contribution in [-0.4, -0.2) is 27.8 Å². The molecule has 0 fully saturated rings. The Kier molecular flexibility index (Phi) is 5.00. The van der Waals surface area contributed by atoms with E-state index in [0.717, 1.165) is 17.0 Å². The molecule has 1 aromatic carbocycles. The van der Waals surface area contributed by atoms with Crippen molar-refractivity contribution in [3.05, 3.63) is 47.3 Å². The highest BCUT2D eigenvalue weighted by Crippen LogP contribution is 2.13. The van der Waals surface area contributed by atoms with Crippen molar-refractivity contribution >= 4 is 17.6 Å². The van der Waals surface area contributed by atoms with Crippen molar-refractivity contribution in [1.82, 2.24) is 15.1 Å². The van der Waals surface area contributed by atoms with Crippen LogP contribution < -0.4 is 16.4 Å². The minimum absolute atomic E-state index is 0.327. The number of amides is 3. The Hall–Kier alpha value is -2.83. The van der Waals surface area contributed by atoms with Gasteiger partial charge in [0.25, 0.3) is 0 Å². The van der Waals surface area contributed by atoms with Crippen LogP contribution in [0, 0.1) is 13.8 Å². The summed E-state index contributed by atoms with van der Waals surface area (Å²) in [5, 5.41) is 9.52. The maximum Gasteiger partial charge on any atom is 0.312 e. The first-order valence-corrected chi connectivity index (χ1v) is 7.32. The van der Waals surface area contributed by atoms with Crippen molar-refractivity contribution < 1.29 is 9.59 Å². The average molecular weight is 315 g/mol. The first-order chi connectivity index (χ1) is 10.8. The number of carbonyl (C=O) groups is 2. The molecule has 0 spiro atoms. The molecule has 0 radical (unpaired) electrons. The molecule has 7 heteroatoms. The normalized spacial score (nSPS) is 11.8. The Morgan fingerprint density at radius 2 is 2.04 bits per heavy atom. The van der Waals surface area contributed by atoms with E-state index in [1.165, 1.54) is 0 Å². The zero-order valence-electron chi connectivity index (χ0n) is 13.5. The molecule has 0 saturated carbocycles. The largest absolute Gasteiger partial charge is 0.352 e. The minimum atomic E-state index is -0.731. The first-order valence-electron chi connectivity index (χ1n) is 7.32. The van der Waals surface area contributed by atoms with Crippen LogP contribution in [0.1, 0.15) is 23.9 Å². The third-order valence-corrected chi connectivity index (χ3v) is 3.38. The van der Waals surface area contributed by atoms with Gasteiger partial charge in [-0.1, -0.05) is 12.1 Å². The summed E-state index contributed by atoms with van der Waals surface area (Å²) >= 11 is 0. The van der Waals surface area contributed by atoms with Gasteiger partial charge in [0, 0.05) is 11.4 Å². The van der Waals surface area contributed by atoms with E-state index in [1.807, 2.05) is 42.8 Å². The van der Waals surface area contributed by atoms with Gasteiger partial charge in [0.05, 0.1) is 12.2 Å². The second-order valence-electron chi connectivity index (χ2n) is 5.50. The van der Waals surface area contributed by atoms with E-state index in [4.69, 9.17) is 5.73 Å². The number of hydrogen-bond acceptors (Lipinski definition) is 3. The summed E-state index contributed by atoms with van der Waals surface area (Å²) in [4.78, 5) is 22.8. The summed E-state index contributed by atoms with van der Waals surface area (Å²) in [6.45, 7) is 6.15. The van der Waals surface area contributed by atoms with Gasteiger partial charge in [-0.2, -0.15) is 5.10 Å². The second kappa shape index (κ2) is 6.95. The zero-order valence-corrected chi connectivity index (χ0v) is 13.5. The van der Waals surface area contributed by atoms with Crippen molar-refractivity contribution in [2.75, 3.05) is 5.32 Å². The number of carbonyl (C=O) groups excluding carboxylic acids is 2. The van der Waals surface area contributed by atoms with E-state index < -0.39 is 12.1 Å². The van der Waals surface area contributed by atoms with Gasteiger partial charge < -0.3 is 16.4 Å². The molecule has 0 unspecified atom stereocenters. The van der Waals surface area contributed by atoms with Crippen LogP contribution in [0.2, 0.25) is 0 Å². The van der Waals surface area contributed by atoms with Crippen LogP contribution in [0.4, 0.5) is 10.5 Å². The van der Waals surface area contributed by atoms with Crippen LogP contribution >= 0.6 is 0 Å². The molecule has 0 aliphatic rings. The Labute approximate surface area is 134 Å². The van der Waals surface area contributed by atoms with Gasteiger partial charge in [-0.05, 0) is 44.5 Å². The van der Waals surface area contributed by atoms with Gasteiger partial charge in [-0.25, -0.2) is 4.79 Å². The Balaban J connectivity index is 2.06. The molecule has 122 valence electrons. The third kappa shape index (κ3) is 4.57. The molecule has 0 aliphatic carbocycles. The van der Waals surface area contributed by atoms with E-state index in [-0.39, 0.29) is 5.91 Å². The van der Waals surface area contributed by atoms with E-state index >= 15 is 0 Å². The number of aromatic nitrogens is 2. The summed E-state index contributed by atoms with van der Waals surface area (Å²) < 4.78 is 1.91. The molecule has 0 aliphatic heterocycles. The van der Waals surface area contributed by atoms with Crippen LogP contribution in [0.25, 0.3) is 0 Å². The van der Waals surface area contributed by atoms with Crippen molar-refractivity contribution in [3.8, 4) is 0 Å². The molecule has 0 bridgehead atoms. The Morgan fingerprint density at radius 1 is 1.30 bits per heavy atom. The molecule has 3 amide bonds. The van der Waals surface area contributed by atoms with Crippen molar-refractivity contribution in [1.29, 1.82) is 0 Å². The van der Waals surface area contributed by atoms with Gasteiger partial charge in [-0.3, -0.25) is 9.48 Å². The molecule has 1 aromatic heterocycles. The molecule has 0 saturated heterocycles.